The first-order valence-corrected chi connectivity index (χ1v) is 9.56. The second kappa shape index (κ2) is 8.41. The van der Waals surface area contributed by atoms with Crippen molar-refractivity contribution in [1.82, 2.24) is 19.7 Å². The van der Waals surface area contributed by atoms with Crippen LogP contribution in [0.25, 0.3) is 0 Å². The van der Waals surface area contributed by atoms with E-state index in [2.05, 4.69) is 15.4 Å². The van der Waals surface area contributed by atoms with Gasteiger partial charge in [0.2, 0.25) is 11.9 Å². The first-order valence-electron chi connectivity index (χ1n) is 9.56. The van der Waals surface area contributed by atoms with Gasteiger partial charge in [0.15, 0.2) is 0 Å². The molecule has 1 N–H and O–H groups in total. The summed E-state index contributed by atoms with van der Waals surface area (Å²) >= 11 is 0. The number of rotatable bonds is 5. The molecule has 1 fully saturated rings. The number of aromatic nitrogens is 3. The van der Waals surface area contributed by atoms with Crippen LogP contribution in [0.4, 0.5) is 5.95 Å². The van der Waals surface area contributed by atoms with Crippen LogP contribution in [0.5, 0.6) is 5.75 Å². The Hall–Kier alpha value is -2.90. The summed E-state index contributed by atoms with van der Waals surface area (Å²) in [6.07, 6.45) is 1.23. The highest BCUT2D eigenvalue weighted by atomic mass is 16.5. The monoisotopic (exact) mass is 385 g/mol. The number of anilines is 1. The molecule has 0 atom stereocenters. The number of piperidine rings is 1. The van der Waals surface area contributed by atoms with Crippen LogP contribution < -0.4 is 10.1 Å². The number of methoxy groups -OCH3 is 1. The molecule has 28 heavy (non-hydrogen) atoms. The van der Waals surface area contributed by atoms with E-state index in [1.54, 1.807) is 34.9 Å². The molecule has 150 valence electrons. The van der Waals surface area contributed by atoms with Crippen LogP contribution in [0.15, 0.2) is 24.3 Å². The Morgan fingerprint density at radius 3 is 2.57 bits per heavy atom. The standard InChI is InChI=1S/C20H27N5O3/c1-13(2)25-14(3)21-20(23-25)22-18(26)15-8-10-24(11-9-15)19(27)16-6-5-7-17(12-16)28-4/h5-7,12-13,15H,8-11H2,1-4H3,(H,22,23,26). The number of ether oxygens (including phenoxy) is 1. The lowest BCUT2D eigenvalue weighted by atomic mass is 9.95. The van der Waals surface area contributed by atoms with Crippen molar-refractivity contribution >= 4 is 17.8 Å². The summed E-state index contributed by atoms with van der Waals surface area (Å²) in [7, 11) is 1.58. The highest BCUT2D eigenvalue weighted by molar-refractivity contribution is 5.95. The Balaban J connectivity index is 1.56. The lowest BCUT2D eigenvalue weighted by Gasteiger charge is -2.31. The normalized spacial score (nSPS) is 15.0. The number of hydrogen-bond donors (Lipinski definition) is 1. The highest BCUT2D eigenvalue weighted by Gasteiger charge is 2.28. The molecule has 1 aliphatic rings. The summed E-state index contributed by atoms with van der Waals surface area (Å²) in [5.41, 5.74) is 0.598. The molecule has 3 rings (SSSR count). The van der Waals surface area contributed by atoms with E-state index in [4.69, 9.17) is 4.74 Å². The summed E-state index contributed by atoms with van der Waals surface area (Å²) in [6.45, 7) is 6.98. The molecule has 1 saturated heterocycles. The number of carbonyl (C=O) groups is 2. The highest BCUT2D eigenvalue weighted by Crippen LogP contribution is 2.22. The zero-order valence-electron chi connectivity index (χ0n) is 16.8. The Bertz CT molecular complexity index is 853. The smallest absolute Gasteiger partial charge is 0.253 e. The topological polar surface area (TPSA) is 89.4 Å². The molecule has 1 aromatic carbocycles. The zero-order valence-corrected chi connectivity index (χ0v) is 16.8. The number of hydrogen-bond acceptors (Lipinski definition) is 5. The number of aryl methyl sites for hydroxylation is 1. The lowest BCUT2D eigenvalue weighted by molar-refractivity contribution is -0.121. The number of nitrogens with zero attached hydrogens (tertiary/aromatic N) is 4. The third-order valence-corrected chi connectivity index (χ3v) is 5.00. The van der Waals surface area contributed by atoms with Crippen LogP contribution in [-0.2, 0) is 4.79 Å². The molecule has 0 bridgehead atoms. The Labute approximate surface area is 164 Å². The predicted octanol–water partition coefficient (Wildman–Crippen LogP) is 2.67. The third kappa shape index (κ3) is 4.32. The fraction of sp³-hybridized carbons (Fsp3) is 0.500. The molecule has 2 aromatic rings. The molecule has 1 aliphatic heterocycles. The van der Waals surface area contributed by atoms with Crippen molar-refractivity contribution < 1.29 is 14.3 Å². The molecule has 0 spiro atoms. The number of nitrogens with one attached hydrogen (secondary N) is 1. The molecule has 2 amide bonds. The fourth-order valence-electron chi connectivity index (χ4n) is 3.44. The van der Waals surface area contributed by atoms with Crippen molar-refractivity contribution in [2.24, 2.45) is 5.92 Å². The van der Waals surface area contributed by atoms with Crippen LogP contribution in [0.3, 0.4) is 0 Å². The molecule has 0 saturated carbocycles. The third-order valence-electron chi connectivity index (χ3n) is 5.00. The van der Waals surface area contributed by atoms with Crippen LogP contribution >= 0.6 is 0 Å². The van der Waals surface area contributed by atoms with E-state index >= 15 is 0 Å². The number of benzene rings is 1. The Kier molecular flexibility index (Phi) is 5.96. The molecule has 1 aromatic heterocycles. The first-order chi connectivity index (χ1) is 13.4. The summed E-state index contributed by atoms with van der Waals surface area (Å²) in [5.74, 6) is 1.49. The SMILES string of the molecule is COc1cccc(C(=O)N2CCC(C(=O)Nc3nc(C)n(C(C)C)n3)CC2)c1. The fourth-order valence-corrected chi connectivity index (χ4v) is 3.44. The van der Waals surface area contributed by atoms with E-state index in [9.17, 15) is 9.59 Å². The van der Waals surface area contributed by atoms with Crippen molar-refractivity contribution in [2.75, 3.05) is 25.5 Å². The second-order valence-electron chi connectivity index (χ2n) is 7.31. The summed E-state index contributed by atoms with van der Waals surface area (Å²) < 4.78 is 6.97. The lowest BCUT2D eigenvalue weighted by Crippen LogP contribution is -2.41. The quantitative estimate of drug-likeness (QED) is 0.855. The zero-order chi connectivity index (χ0) is 20.3. The molecule has 2 heterocycles. The largest absolute Gasteiger partial charge is 0.497 e. The summed E-state index contributed by atoms with van der Waals surface area (Å²) in [5, 5.41) is 7.16. The van der Waals surface area contributed by atoms with Gasteiger partial charge >= 0.3 is 0 Å². The van der Waals surface area contributed by atoms with Crippen LogP contribution in [0.1, 0.15) is 48.9 Å². The minimum Gasteiger partial charge on any atom is -0.497 e. The Morgan fingerprint density at radius 1 is 1.25 bits per heavy atom. The maximum absolute atomic E-state index is 12.7. The minimum atomic E-state index is -0.152. The molecule has 0 aliphatic carbocycles. The van der Waals surface area contributed by atoms with E-state index in [-0.39, 0.29) is 23.8 Å². The van der Waals surface area contributed by atoms with E-state index < -0.39 is 0 Å². The van der Waals surface area contributed by atoms with Crippen molar-refractivity contribution in [3.8, 4) is 5.75 Å². The van der Waals surface area contributed by atoms with E-state index in [1.807, 2.05) is 26.8 Å². The van der Waals surface area contributed by atoms with Crippen molar-refractivity contribution in [2.45, 2.75) is 39.7 Å². The average molecular weight is 385 g/mol. The molecular formula is C20H27N5O3. The van der Waals surface area contributed by atoms with E-state index in [1.165, 1.54) is 0 Å². The van der Waals surface area contributed by atoms with Crippen molar-refractivity contribution in [1.29, 1.82) is 0 Å². The average Bonchev–Trinajstić information content (AvgIpc) is 3.07. The van der Waals surface area contributed by atoms with Gasteiger partial charge in [-0.05, 0) is 51.8 Å². The van der Waals surface area contributed by atoms with Crippen LogP contribution in [0, 0.1) is 12.8 Å². The maximum Gasteiger partial charge on any atom is 0.253 e. The van der Waals surface area contributed by atoms with E-state index in [0.717, 1.165) is 5.82 Å². The van der Waals surface area contributed by atoms with Gasteiger partial charge in [0.1, 0.15) is 11.6 Å². The number of carbonyl (C=O) groups excluding carboxylic acids is 2. The van der Waals surface area contributed by atoms with Crippen LogP contribution in [-0.4, -0.2) is 51.7 Å². The summed E-state index contributed by atoms with van der Waals surface area (Å²) in [6, 6.07) is 7.31. The van der Waals surface area contributed by atoms with Gasteiger partial charge in [-0.1, -0.05) is 6.07 Å². The van der Waals surface area contributed by atoms with Gasteiger partial charge in [0.05, 0.1) is 7.11 Å². The second-order valence-corrected chi connectivity index (χ2v) is 7.31. The molecule has 0 unspecified atom stereocenters. The number of likely N-dealkylation sites (tertiary alicyclic amines) is 1. The Morgan fingerprint density at radius 2 is 1.96 bits per heavy atom. The van der Waals surface area contributed by atoms with Crippen molar-refractivity contribution in [3.05, 3.63) is 35.7 Å². The van der Waals surface area contributed by atoms with Gasteiger partial charge in [-0.3, -0.25) is 14.9 Å². The molecular weight excluding hydrogens is 358 g/mol. The van der Waals surface area contributed by atoms with Gasteiger partial charge in [-0.15, -0.1) is 5.10 Å². The van der Waals surface area contributed by atoms with Crippen LogP contribution in [0.2, 0.25) is 0 Å². The first kappa shape index (κ1) is 19.9. The maximum atomic E-state index is 12.7. The number of amides is 2. The van der Waals surface area contributed by atoms with Gasteiger partial charge in [-0.2, -0.15) is 4.98 Å². The van der Waals surface area contributed by atoms with Crippen molar-refractivity contribution in [3.63, 3.8) is 0 Å². The van der Waals surface area contributed by atoms with Gasteiger partial charge in [0, 0.05) is 30.6 Å². The van der Waals surface area contributed by atoms with Gasteiger partial charge in [-0.25, -0.2) is 4.68 Å². The molecule has 8 nitrogen and oxygen atoms in total. The summed E-state index contributed by atoms with van der Waals surface area (Å²) in [4.78, 5) is 31.3. The minimum absolute atomic E-state index is 0.0364. The van der Waals surface area contributed by atoms with Gasteiger partial charge < -0.3 is 9.64 Å². The van der Waals surface area contributed by atoms with Gasteiger partial charge in [0.25, 0.3) is 5.91 Å². The molecule has 8 heteroatoms. The van der Waals surface area contributed by atoms with E-state index in [0.29, 0.717) is 43.2 Å². The predicted molar refractivity (Wildman–Crippen MR) is 105 cm³/mol. The molecule has 0 radical (unpaired) electrons.